The van der Waals surface area contributed by atoms with E-state index in [1.165, 1.54) is 11.3 Å². The quantitative estimate of drug-likeness (QED) is 0.755. The highest BCUT2D eigenvalue weighted by Gasteiger charge is 2.13. The first-order chi connectivity index (χ1) is 7.69. The van der Waals surface area contributed by atoms with Crippen molar-refractivity contribution in [1.29, 1.82) is 0 Å². The Labute approximate surface area is 99.4 Å². The van der Waals surface area contributed by atoms with Crippen LogP contribution < -0.4 is 10.2 Å². The summed E-state index contributed by atoms with van der Waals surface area (Å²) in [5.41, 5.74) is 0.387. The molecule has 0 saturated carbocycles. The minimum Gasteiger partial charge on any atom is -0.461 e. The summed E-state index contributed by atoms with van der Waals surface area (Å²) in [6, 6.07) is 0. The number of nitrogens with zero attached hydrogens (tertiary/aromatic N) is 2. The van der Waals surface area contributed by atoms with Crippen LogP contribution in [-0.2, 0) is 4.74 Å². The van der Waals surface area contributed by atoms with Crippen LogP contribution in [0.2, 0.25) is 0 Å². The van der Waals surface area contributed by atoms with E-state index in [2.05, 4.69) is 10.3 Å². The summed E-state index contributed by atoms with van der Waals surface area (Å²) in [6.07, 6.45) is 0. The molecule has 0 aromatic carbocycles. The van der Waals surface area contributed by atoms with E-state index in [4.69, 9.17) is 4.74 Å². The molecule has 0 saturated heterocycles. The Morgan fingerprint density at radius 2 is 2.44 bits per heavy atom. The molecule has 0 spiro atoms. The van der Waals surface area contributed by atoms with Gasteiger partial charge in [-0.3, -0.25) is 0 Å². The van der Waals surface area contributed by atoms with Gasteiger partial charge in [0.1, 0.15) is 0 Å². The van der Waals surface area contributed by atoms with Crippen molar-refractivity contribution in [2.45, 2.75) is 6.92 Å². The molecule has 0 aliphatic rings. The third-order valence-corrected chi connectivity index (χ3v) is 2.96. The zero-order valence-electron chi connectivity index (χ0n) is 9.82. The highest BCUT2D eigenvalue weighted by molar-refractivity contribution is 7.13. The second kappa shape index (κ2) is 6.44. The zero-order valence-corrected chi connectivity index (χ0v) is 10.6. The molecule has 0 aliphatic carbocycles. The molecule has 1 aromatic rings. The van der Waals surface area contributed by atoms with Crippen molar-refractivity contribution in [3.8, 4) is 0 Å². The van der Waals surface area contributed by atoms with Gasteiger partial charge in [0, 0.05) is 25.5 Å². The number of ether oxygens (including phenoxy) is 1. The van der Waals surface area contributed by atoms with Crippen LogP contribution in [0, 0.1) is 0 Å². The fraction of sp³-hybridized carbons (Fsp3) is 0.600. The van der Waals surface area contributed by atoms with Crippen molar-refractivity contribution in [2.75, 3.05) is 38.7 Å². The number of thiazole rings is 1. The normalized spacial score (nSPS) is 10.2. The highest BCUT2D eigenvalue weighted by Crippen LogP contribution is 2.19. The summed E-state index contributed by atoms with van der Waals surface area (Å²) in [5.74, 6) is -0.355. The zero-order chi connectivity index (χ0) is 12.0. The van der Waals surface area contributed by atoms with Crippen molar-refractivity contribution >= 4 is 22.4 Å². The molecule has 1 aromatic heterocycles. The van der Waals surface area contributed by atoms with Crippen LogP contribution in [0.1, 0.15) is 17.4 Å². The number of carbonyl (C=O) groups is 1. The van der Waals surface area contributed by atoms with Gasteiger partial charge >= 0.3 is 5.97 Å². The Hall–Kier alpha value is -1.14. The monoisotopic (exact) mass is 243 g/mol. The number of nitrogens with one attached hydrogen (secondary N) is 1. The lowest BCUT2D eigenvalue weighted by molar-refractivity contribution is 0.0520. The molecule has 5 nitrogen and oxygen atoms in total. The van der Waals surface area contributed by atoms with Crippen LogP contribution in [-0.4, -0.2) is 44.7 Å². The molecular formula is C10H17N3O2S. The molecule has 0 bridgehead atoms. The summed E-state index contributed by atoms with van der Waals surface area (Å²) in [6.45, 7) is 3.89. The number of carbonyl (C=O) groups excluding carboxylic acids is 1. The van der Waals surface area contributed by atoms with Gasteiger partial charge in [0.25, 0.3) is 0 Å². The maximum atomic E-state index is 11.4. The van der Waals surface area contributed by atoms with Crippen LogP contribution in [0.5, 0.6) is 0 Å². The fourth-order valence-corrected chi connectivity index (χ4v) is 1.90. The number of anilines is 1. The molecule has 0 aliphatic heterocycles. The maximum Gasteiger partial charge on any atom is 0.357 e. The maximum absolute atomic E-state index is 11.4. The molecule has 1 heterocycles. The molecule has 0 fully saturated rings. The third kappa shape index (κ3) is 3.46. The molecule has 0 radical (unpaired) electrons. The van der Waals surface area contributed by atoms with E-state index in [1.54, 1.807) is 12.3 Å². The SMILES string of the molecule is CCOC(=O)c1csc(N(C)CCNC)n1. The molecule has 1 N–H and O–H groups in total. The van der Waals surface area contributed by atoms with Gasteiger partial charge in [-0.25, -0.2) is 9.78 Å². The Bertz CT molecular complexity index is 341. The molecule has 1 rings (SSSR count). The Morgan fingerprint density at radius 1 is 1.69 bits per heavy atom. The van der Waals surface area contributed by atoms with Gasteiger partial charge in [0.05, 0.1) is 6.61 Å². The Kier molecular flexibility index (Phi) is 5.21. The number of aromatic nitrogens is 1. The van der Waals surface area contributed by atoms with Gasteiger partial charge in [-0.1, -0.05) is 0 Å². The van der Waals surface area contributed by atoms with E-state index in [0.717, 1.165) is 18.2 Å². The predicted molar refractivity (Wildman–Crippen MR) is 65.3 cm³/mol. The van der Waals surface area contributed by atoms with Crippen LogP contribution in [0.4, 0.5) is 5.13 Å². The number of esters is 1. The summed E-state index contributed by atoms with van der Waals surface area (Å²) < 4.78 is 4.88. The summed E-state index contributed by atoms with van der Waals surface area (Å²) in [4.78, 5) is 17.6. The summed E-state index contributed by atoms with van der Waals surface area (Å²) in [7, 11) is 3.85. The average molecular weight is 243 g/mol. The van der Waals surface area contributed by atoms with E-state index in [1.807, 2.05) is 19.0 Å². The highest BCUT2D eigenvalue weighted by atomic mass is 32.1. The van der Waals surface area contributed by atoms with Crippen molar-refractivity contribution in [3.63, 3.8) is 0 Å². The molecule has 0 amide bonds. The van der Waals surface area contributed by atoms with Crippen LogP contribution in [0.3, 0.4) is 0 Å². The molecule has 6 heteroatoms. The minimum atomic E-state index is -0.355. The second-order valence-electron chi connectivity index (χ2n) is 3.26. The van der Waals surface area contributed by atoms with Gasteiger partial charge in [0.2, 0.25) is 0 Å². The number of likely N-dealkylation sites (N-methyl/N-ethyl adjacent to an activating group) is 2. The van der Waals surface area contributed by atoms with Gasteiger partial charge in [0.15, 0.2) is 10.8 Å². The Morgan fingerprint density at radius 3 is 3.06 bits per heavy atom. The van der Waals surface area contributed by atoms with Crippen LogP contribution in [0.15, 0.2) is 5.38 Å². The fourth-order valence-electron chi connectivity index (χ4n) is 1.11. The average Bonchev–Trinajstić information content (AvgIpc) is 2.75. The summed E-state index contributed by atoms with van der Waals surface area (Å²) in [5, 5.41) is 5.62. The van der Waals surface area contributed by atoms with E-state index in [9.17, 15) is 4.79 Å². The van der Waals surface area contributed by atoms with E-state index in [0.29, 0.717) is 12.3 Å². The van der Waals surface area contributed by atoms with Crippen LogP contribution in [0.25, 0.3) is 0 Å². The first-order valence-corrected chi connectivity index (χ1v) is 6.05. The lowest BCUT2D eigenvalue weighted by Gasteiger charge is -2.14. The van der Waals surface area contributed by atoms with E-state index >= 15 is 0 Å². The minimum absolute atomic E-state index is 0.355. The number of hydrogen-bond donors (Lipinski definition) is 1. The number of hydrogen-bond acceptors (Lipinski definition) is 6. The van der Waals surface area contributed by atoms with Gasteiger partial charge in [-0.15, -0.1) is 11.3 Å². The van der Waals surface area contributed by atoms with E-state index in [-0.39, 0.29) is 5.97 Å². The lowest BCUT2D eigenvalue weighted by atomic mass is 10.5. The van der Waals surface area contributed by atoms with Crippen molar-refractivity contribution < 1.29 is 9.53 Å². The first-order valence-electron chi connectivity index (χ1n) is 5.17. The van der Waals surface area contributed by atoms with Crippen molar-refractivity contribution in [3.05, 3.63) is 11.1 Å². The molecule has 0 atom stereocenters. The van der Waals surface area contributed by atoms with Crippen molar-refractivity contribution in [1.82, 2.24) is 10.3 Å². The topological polar surface area (TPSA) is 54.5 Å². The Balaban J connectivity index is 2.59. The molecule has 16 heavy (non-hydrogen) atoms. The van der Waals surface area contributed by atoms with Crippen molar-refractivity contribution in [2.24, 2.45) is 0 Å². The molecule has 90 valence electrons. The summed E-state index contributed by atoms with van der Waals surface area (Å²) >= 11 is 1.45. The van der Waals surface area contributed by atoms with Gasteiger partial charge in [-0.2, -0.15) is 0 Å². The lowest BCUT2D eigenvalue weighted by Crippen LogP contribution is -2.27. The third-order valence-electron chi connectivity index (χ3n) is 2.00. The second-order valence-corrected chi connectivity index (χ2v) is 4.10. The number of rotatable bonds is 6. The van der Waals surface area contributed by atoms with Crippen LogP contribution >= 0.6 is 11.3 Å². The van der Waals surface area contributed by atoms with Gasteiger partial charge in [-0.05, 0) is 14.0 Å². The predicted octanol–water partition coefficient (Wildman–Crippen LogP) is 0.975. The molecular weight excluding hydrogens is 226 g/mol. The first kappa shape index (κ1) is 12.9. The van der Waals surface area contributed by atoms with E-state index < -0.39 is 0 Å². The standard InChI is InChI=1S/C10H17N3O2S/c1-4-15-9(14)8-7-16-10(12-8)13(3)6-5-11-2/h7,11H,4-6H2,1-3H3. The smallest absolute Gasteiger partial charge is 0.357 e. The molecule has 0 unspecified atom stereocenters. The largest absolute Gasteiger partial charge is 0.461 e. The van der Waals surface area contributed by atoms with Gasteiger partial charge < -0.3 is 15.0 Å².